The van der Waals surface area contributed by atoms with Crippen molar-refractivity contribution in [2.45, 2.75) is 62.8 Å². The van der Waals surface area contributed by atoms with Gasteiger partial charge in [-0.3, -0.25) is 4.79 Å². The van der Waals surface area contributed by atoms with Crippen molar-refractivity contribution in [1.29, 1.82) is 0 Å². The van der Waals surface area contributed by atoms with Crippen LogP contribution in [0, 0.1) is 0 Å². The number of aliphatic hydroxyl groups is 2. The first-order chi connectivity index (χ1) is 14.0. The maximum atomic E-state index is 12.5. The molecule has 2 atom stereocenters. The van der Waals surface area contributed by atoms with E-state index >= 15 is 0 Å². The maximum Gasteiger partial charge on any atom is 0.305 e. The van der Waals surface area contributed by atoms with Gasteiger partial charge in [-0.15, -0.1) is 0 Å². The van der Waals surface area contributed by atoms with Crippen molar-refractivity contribution in [2.75, 3.05) is 13.7 Å². The Morgan fingerprint density at radius 3 is 1.63 bits per heavy atom. The molecular weight excluding hydrogens is 378 g/mol. The van der Waals surface area contributed by atoms with Crippen LogP contribution in [0.5, 0.6) is 0 Å². The van der Waals surface area contributed by atoms with Crippen LogP contribution in [-0.4, -0.2) is 34.7 Å². The third-order valence-corrected chi connectivity index (χ3v) is 7.47. The molecule has 0 saturated carbocycles. The molecule has 0 fully saturated rings. The number of fused-ring (bicyclic) bond motifs is 6. The summed E-state index contributed by atoms with van der Waals surface area (Å²) in [4.78, 5) is 13.6. The van der Waals surface area contributed by atoms with E-state index in [2.05, 4.69) is 0 Å². The number of hydrogen-bond donors (Lipinski definition) is 2. The lowest BCUT2D eigenvalue weighted by Gasteiger charge is -2.68. The fraction of sp³-hybridized carbons (Fsp3) is 0.480. The second-order valence-electron chi connectivity index (χ2n) is 9.52. The Morgan fingerprint density at radius 2 is 1.23 bits per heavy atom. The van der Waals surface area contributed by atoms with E-state index in [9.17, 15) is 15.0 Å². The van der Waals surface area contributed by atoms with Crippen molar-refractivity contribution >= 4 is 5.97 Å². The Hall–Kier alpha value is -2.21. The Labute approximate surface area is 178 Å². The van der Waals surface area contributed by atoms with Crippen LogP contribution in [0.3, 0.4) is 0 Å². The maximum absolute atomic E-state index is 12.5. The smallest absolute Gasteiger partial charge is 0.305 e. The number of nitrogens with zero attached hydrogens (tertiary/aromatic N) is 1. The average molecular weight is 410 g/mol. The third kappa shape index (κ3) is 2.37. The molecule has 2 aromatic rings. The van der Waals surface area contributed by atoms with Crippen molar-refractivity contribution in [3.05, 3.63) is 70.8 Å². The fourth-order valence-corrected chi connectivity index (χ4v) is 5.72. The lowest BCUT2D eigenvalue weighted by molar-refractivity contribution is -0.314. The Balaban J connectivity index is 2.00. The zero-order valence-corrected chi connectivity index (χ0v) is 18.4. The highest BCUT2D eigenvalue weighted by Crippen LogP contribution is 2.64. The average Bonchev–Trinajstić information content (AvgIpc) is 2.73. The molecule has 0 aromatic heterocycles. The molecule has 2 unspecified atom stereocenters. The first-order valence-corrected chi connectivity index (χ1v) is 10.5. The predicted molar refractivity (Wildman–Crippen MR) is 115 cm³/mol. The molecule has 2 bridgehead atoms. The molecule has 30 heavy (non-hydrogen) atoms. The van der Waals surface area contributed by atoms with Gasteiger partial charge in [-0.05, 0) is 17.5 Å². The van der Waals surface area contributed by atoms with Crippen LogP contribution < -0.4 is 0 Å². The van der Waals surface area contributed by atoms with Crippen LogP contribution in [0.2, 0.25) is 0 Å². The summed E-state index contributed by atoms with van der Waals surface area (Å²) in [6, 6.07) is 15.7. The van der Waals surface area contributed by atoms with Crippen molar-refractivity contribution < 1.29 is 19.7 Å². The highest BCUT2D eigenvalue weighted by Gasteiger charge is 2.70. The van der Waals surface area contributed by atoms with Gasteiger partial charge < -0.3 is 14.9 Å². The summed E-state index contributed by atoms with van der Waals surface area (Å²) in [5.41, 5.74) is -0.823. The molecule has 0 radical (unpaired) electrons. The lowest BCUT2D eigenvalue weighted by atomic mass is 9.53. The van der Waals surface area contributed by atoms with E-state index in [4.69, 9.17) is 4.74 Å². The minimum atomic E-state index is -1.45. The Morgan fingerprint density at radius 1 is 0.833 bits per heavy atom. The summed E-state index contributed by atoms with van der Waals surface area (Å²) in [6.45, 7) is 8.43. The van der Waals surface area contributed by atoms with Gasteiger partial charge in [0.25, 0.3) is 0 Å². The minimum Gasteiger partial charge on any atom is -0.469 e. The number of carbonyl (C=O) groups is 1. The standard InChI is InChI=1S/C25H31NO4/c1-22(2)17-11-6-8-13-19(17)25(29)23(3,4)18-12-7-9-14-20(18)24(22,28)26(25)16-10-15-21(27)30-5/h6-9,11-14,28-29H,10,15-16H2,1-5H3. The summed E-state index contributed by atoms with van der Waals surface area (Å²) >= 11 is 0. The molecule has 0 spiro atoms. The topological polar surface area (TPSA) is 70.0 Å². The van der Waals surface area contributed by atoms with Gasteiger partial charge in [0.1, 0.15) is 0 Å². The van der Waals surface area contributed by atoms with Crippen molar-refractivity contribution in [3.63, 3.8) is 0 Å². The largest absolute Gasteiger partial charge is 0.469 e. The van der Waals surface area contributed by atoms with E-state index in [0.29, 0.717) is 13.0 Å². The van der Waals surface area contributed by atoms with Crippen LogP contribution in [0.25, 0.3) is 0 Å². The van der Waals surface area contributed by atoms with Crippen molar-refractivity contribution in [3.8, 4) is 0 Å². The van der Waals surface area contributed by atoms with Crippen LogP contribution in [0.4, 0.5) is 0 Å². The summed E-state index contributed by atoms with van der Waals surface area (Å²) in [6.07, 6.45) is 0.692. The monoisotopic (exact) mass is 409 g/mol. The van der Waals surface area contributed by atoms with E-state index in [1.165, 1.54) is 7.11 Å². The van der Waals surface area contributed by atoms with Gasteiger partial charge in [-0.25, -0.2) is 4.90 Å². The van der Waals surface area contributed by atoms with E-state index in [-0.39, 0.29) is 12.4 Å². The molecule has 4 rings (SSSR count). The molecular formula is C25H31NO4. The Bertz CT molecular complexity index is 929. The normalized spacial score (nSPS) is 28.4. The lowest BCUT2D eigenvalue weighted by Crippen LogP contribution is -2.76. The molecule has 0 aliphatic carbocycles. The SMILES string of the molecule is COC(=O)CCCN1C2(O)c3ccccc3C(C)(C)C1(O)c1ccccc1C2(C)C. The van der Waals surface area contributed by atoms with E-state index in [0.717, 1.165) is 22.3 Å². The summed E-state index contributed by atoms with van der Waals surface area (Å²) in [5, 5.41) is 24.9. The molecule has 2 aliphatic rings. The quantitative estimate of drug-likeness (QED) is 0.757. The first-order valence-electron chi connectivity index (χ1n) is 10.5. The van der Waals surface area contributed by atoms with E-state index in [1.54, 1.807) is 0 Å². The van der Waals surface area contributed by atoms with Crippen LogP contribution in [0.1, 0.15) is 62.8 Å². The van der Waals surface area contributed by atoms with E-state index in [1.807, 2.05) is 81.1 Å². The zero-order chi connectivity index (χ0) is 21.9. The number of ether oxygens (including phenoxy) is 1. The summed E-state index contributed by atoms with van der Waals surface area (Å²) < 4.78 is 4.80. The number of esters is 1. The first kappa shape index (κ1) is 21.0. The number of rotatable bonds is 4. The summed E-state index contributed by atoms with van der Waals surface area (Å²) in [5.74, 6) is -0.296. The Kier molecular flexibility index (Phi) is 4.66. The van der Waals surface area contributed by atoms with Crippen molar-refractivity contribution in [1.82, 2.24) is 4.90 Å². The van der Waals surface area contributed by atoms with Crippen LogP contribution in [0.15, 0.2) is 48.5 Å². The van der Waals surface area contributed by atoms with E-state index < -0.39 is 22.3 Å². The molecule has 160 valence electrons. The van der Waals surface area contributed by atoms with Gasteiger partial charge in [0, 0.05) is 34.9 Å². The van der Waals surface area contributed by atoms with Gasteiger partial charge in [0.2, 0.25) is 0 Å². The number of benzene rings is 2. The highest BCUT2D eigenvalue weighted by atomic mass is 16.5. The third-order valence-electron chi connectivity index (χ3n) is 7.47. The summed E-state index contributed by atoms with van der Waals surface area (Å²) in [7, 11) is 1.37. The molecule has 2 aromatic carbocycles. The van der Waals surface area contributed by atoms with Gasteiger partial charge >= 0.3 is 5.97 Å². The second kappa shape index (κ2) is 6.64. The van der Waals surface area contributed by atoms with Crippen LogP contribution >= 0.6 is 0 Å². The fourth-order valence-electron chi connectivity index (χ4n) is 5.72. The van der Waals surface area contributed by atoms with Gasteiger partial charge in [-0.1, -0.05) is 76.2 Å². The van der Waals surface area contributed by atoms with Crippen molar-refractivity contribution in [2.24, 2.45) is 0 Å². The molecule has 2 heterocycles. The molecule has 2 aliphatic heterocycles. The zero-order valence-electron chi connectivity index (χ0n) is 18.4. The molecule has 5 nitrogen and oxygen atoms in total. The molecule has 2 N–H and O–H groups in total. The number of hydrogen-bond acceptors (Lipinski definition) is 5. The minimum absolute atomic E-state index is 0.226. The number of carbonyl (C=O) groups excluding carboxylic acids is 1. The number of methoxy groups -OCH3 is 1. The van der Waals surface area contributed by atoms with Gasteiger partial charge in [0.05, 0.1) is 7.11 Å². The predicted octanol–water partition coefficient (Wildman–Crippen LogP) is 3.51. The molecule has 0 saturated heterocycles. The van der Waals surface area contributed by atoms with Gasteiger partial charge in [0.15, 0.2) is 11.4 Å². The second-order valence-corrected chi connectivity index (χ2v) is 9.52. The molecule has 0 amide bonds. The highest BCUT2D eigenvalue weighted by molar-refractivity contribution is 5.69. The van der Waals surface area contributed by atoms with Crippen LogP contribution in [-0.2, 0) is 31.8 Å². The van der Waals surface area contributed by atoms with Gasteiger partial charge in [-0.2, -0.15) is 0 Å². The molecule has 5 heteroatoms.